The van der Waals surface area contributed by atoms with Crippen LogP contribution < -0.4 is 9.91 Å². The first-order valence-electron chi connectivity index (χ1n) is 13.3. The van der Waals surface area contributed by atoms with Crippen molar-refractivity contribution in [1.82, 2.24) is 4.57 Å². The molecule has 7 nitrogen and oxygen atoms in total. The lowest BCUT2D eigenvalue weighted by Crippen LogP contribution is -2.24. The highest BCUT2D eigenvalue weighted by Gasteiger charge is 2.35. The molecule has 5 aromatic rings. The van der Waals surface area contributed by atoms with Gasteiger partial charge in [-0.3, -0.25) is 4.79 Å². The first kappa shape index (κ1) is 23.9. The van der Waals surface area contributed by atoms with Crippen molar-refractivity contribution in [1.29, 1.82) is 0 Å². The third-order valence-corrected chi connectivity index (χ3v) is 7.82. The number of rotatable bonds is 4. The number of nitrogens with zero attached hydrogens (tertiary/aromatic N) is 4. The number of aromatic nitrogens is 1. The molecule has 1 N–H and O–H groups in total. The summed E-state index contributed by atoms with van der Waals surface area (Å²) in [6, 6.07) is 30.0. The molecule has 3 heterocycles. The number of carboxylic acid groups (broad SMARTS) is 1. The van der Waals surface area contributed by atoms with Crippen molar-refractivity contribution >= 4 is 62.5 Å². The summed E-state index contributed by atoms with van der Waals surface area (Å²) in [5, 5.41) is 17.5. The maximum absolute atomic E-state index is 13.2. The van der Waals surface area contributed by atoms with Gasteiger partial charge in [0.25, 0.3) is 5.91 Å². The SMILES string of the molecule is Cn1c2ccccc2c2ccc(N3CCCc4cc(/C=C5\C(=O)N(c6ccccc6)N=C5C(=O)O)ccc43)cc21. The van der Waals surface area contributed by atoms with Gasteiger partial charge in [-0.05, 0) is 72.5 Å². The van der Waals surface area contributed by atoms with Crippen LogP contribution in [0.1, 0.15) is 17.5 Å². The Morgan fingerprint density at radius 2 is 1.65 bits per heavy atom. The lowest BCUT2D eigenvalue weighted by atomic mass is 9.97. The standard InChI is InChI=1S/C33H26N4O3/c1-35-29-12-6-5-11-25(29)26-15-14-24(20-30(26)35)36-17-7-8-22-18-21(13-16-28(22)36)19-27-31(33(39)40)34-37(32(27)38)23-9-3-2-4-10-23/h2-6,9-16,18-20H,7-8,17H2,1H3,(H,39,40)/b27-19-. The number of aliphatic carboxylic acids is 1. The molecule has 0 bridgehead atoms. The largest absolute Gasteiger partial charge is 0.476 e. The summed E-state index contributed by atoms with van der Waals surface area (Å²) in [5.41, 5.74) is 6.95. The van der Waals surface area contributed by atoms with Gasteiger partial charge in [0, 0.05) is 41.3 Å². The van der Waals surface area contributed by atoms with Gasteiger partial charge < -0.3 is 14.6 Å². The molecule has 0 radical (unpaired) electrons. The van der Waals surface area contributed by atoms with E-state index in [0.717, 1.165) is 46.9 Å². The second-order valence-electron chi connectivity index (χ2n) is 10.2. The number of carboxylic acids is 1. The van der Waals surface area contributed by atoms with Gasteiger partial charge in [0.2, 0.25) is 0 Å². The van der Waals surface area contributed by atoms with E-state index in [-0.39, 0.29) is 11.3 Å². The van der Waals surface area contributed by atoms with Gasteiger partial charge in [-0.2, -0.15) is 10.1 Å². The van der Waals surface area contributed by atoms with Crippen molar-refractivity contribution in [2.45, 2.75) is 12.8 Å². The fourth-order valence-electron chi connectivity index (χ4n) is 5.91. The van der Waals surface area contributed by atoms with E-state index in [9.17, 15) is 14.7 Å². The Kier molecular flexibility index (Phi) is 5.52. The number of amides is 1. The van der Waals surface area contributed by atoms with Crippen molar-refractivity contribution < 1.29 is 14.7 Å². The molecule has 0 saturated carbocycles. The Hall–Kier alpha value is -5.17. The van der Waals surface area contributed by atoms with E-state index in [1.165, 1.54) is 21.8 Å². The van der Waals surface area contributed by atoms with Gasteiger partial charge >= 0.3 is 5.97 Å². The first-order chi connectivity index (χ1) is 19.5. The van der Waals surface area contributed by atoms with E-state index in [0.29, 0.717) is 5.69 Å². The number of benzene rings is 4. The van der Waals surface area contributed by atoms with Gasteiger partial charge in [-0.1, -0.05) is 48.5 Å². The fraction of sp³-hybridized carbons (Fsp3) is 0.121. The van der Waals surface area contributed by atoms with E-state index in [1.54, 1.807) is 30.3 Å². The molecule has 0 fully saturated rings. The van der Waals surface area contributed by atoms with Crippen LogP contribution in [0.15, 0.2) is 102 Å². The predicted octanol–water partition coefficient (Wildman–Crippen LogP) is 6.29. The molecule has 40 heavy (non-hydrogen) atoms. The number of hydrogen-bond acceptors (Lipinski definition) is 4. The van der Waals surface area contributed by atoms with Gasteiger partial charge in [-0.15, -0.1) is 0 Å². The van der Waals surface area contributed by atoms with Crippen LogP contribution in [0.5, 0.6) is 0 Å². The van der Waals surface area contributed by atoms with E-state index in [1.807, 2.05) is 12.1 Å². The number of carbonyl (C=O) groups is 2. The maximum Gasteiger partial charge on any atom is 0.357 e. The lowest BCUT2D eigenvalue weighted by Gasteiger charge is -2.32. The zero-order valence-corrected chi connectivity index (χ0v) is 21.9. The minimum absolute atomic E-state index is 0.0743. The summed E-state index contributed by atoms with van der Waals surface area (Å²) in [6.45, 7) is 0.906. The second-order valence-corrected chi connectivity index (χ2v) is 10.2. The van der Waals surface area contributed by atoms with Crippen LogP contribution in [-0.2, 0) is 23.1 Å². The minimum atomic E-state index is -1.23. The Labute approximate surface area is 230 Å². The van der Waals surface area contributed by atoms with E-state index >= 15 is 0 Å². The number of para-hydroxylation sites is 2. The molecule has 2 aliphatic rings. The molecule has 196 valence electrons. The molecule has 2 aliphatic heterocycles. The number of aryl methyl sites for hydroxylation is 2. The molecular weight excluding hydrogens is 500 g/mol. The molecule has 0 atom stereocenters. The molecule has 4 aromatic carbocycles. The molecule has 0 unspecified atom stereocenters. The smallest absolute Gasteiger partial charge is 0.357 e. The van der Waals surface area contributed by atoms with Gasteiger partial charge in [0.1, 0.15) is 0 Å². The normalized spacial score (nSPS) is 16.2. The topological polar surface area (TPSA) is 78.1 Å². The van der Waals surface area contributed by atoms with Crippen LogP contribution in [0, 0.1) is 0 Å². The number of hydrogen-bond donors (Lipinski definition) is 1. The highest BCUT2D eigenvalue weighted by atomic mass is 16.4. The van der Waals surface area contributed by atoms with E-state index in [2.05, 4.69) is 76.2 Å². The molecule has 1 aromatic heterocycles. The molecule has 0 spiro atoms. The minimum Gasteiger partial charge on any atom is -0.476 e. The Morgan fingerprint density at radius 1 is 0.875 bits per heavy atom. The summed E-state index contributed by atoms with van der Waals surface area (Å²) >= 11 is 0. The molecule has 1 amide bonds. The van der Waals surface area contributed by atoms with Crippen LogP contribution in [0.3, 0.4) is 0 Å². The van der Waals surface area contributed by atoms with Crippen LogP contribution >= 0.6 is 0 Å². The van der Waals surface area contributed by atoms with Gasteiger partial charge in [0.05, 0.1) is 16.8 Å². The first-order valence-corrected chi connectivity index (χ1v) is 13.3. The molecule has 7 heteroatoms. The Bertz CT molecular complexity index is 1900. The van der Waals surface area contributed by atoms with Crippen LogP contribution in [0.25, 0.3) is 27.9 Å². The summed E-state index contributed by atoms with van der Waals surface area (Å²) in [6.07, 6.45) is 3.53. The maximum atomic E-state index is 13.2. The fourth-order valence-corrected chi connectivity index (χ4v) is 5.91. The third kappa shape index (κ3) is 3.78. The lowest BCUT2D eigenvalue weighted by molar-refractivity contribution is -0.129. The van der Waals surface area contributed by atoms with Gasteiger partial charge in [-0.25, -0.2) is 4.79 Å². The van der Waals surface area contributed by atoms with Crippen LogP contribution in [0.4, 0.5) is 17.1 Å². The zero-order chi connectivity index (χ0) is 27.4. The van der Waals surface area contributed by atoms with Crippen LogP contribution in [-0.4, -0.2) is 33.8 Å². The number of carbonyl (C=O) groups excluding carboxylic acids is 1. The number of hydrazone groups is 1. The summed E-state index contributed by atoms with van der Waals surface area (Å²) < 4.78 is 2.24. The van der Waals surface area contributed by atoms with Crippen molar-refractivity contribution in [2.24, 2.45) is 12.1 Å². The Balaban J connectivity index is 1.24. The van der Waals surface area contributed by atoms with Crippen molar-refractivity contribution in [2.75, 3.05) is 16.5 Å². The highest BCUT2D eigenvalue weighted by Crippen LogP contribution is 2.38. The summed E-state index contributed by atoms with van der Waals surface area (Å²) in [4.78, 5) is 27.5. The van der Waals surface area contributed by atoms with E-state index < -0.39 is 11.9 Å². The molecular formula is C33H26N4O3. The summed E-state index contributed by atoms with van der Waals surface area (Å²) in [7, 11) is 2.11. The number of anilines is 3. The summed E-state index contributed by atoms with van der Waals surface area (Å²) in [5.74, 6) is -1.68. The van der Waals surface area contributed by atoms with Crippen LogP contribution in [0.2, 0.25) is 0 Å². The molecule has 0 saturated heterocycles. The second kappa shape index (κ2) is 9.24. The van der Waals surface area contributed by atoms with Crippen molar-refractivity contribution in [3.8, 4) is 0 Å². The van der Waals surface area contributed by atoms with E-state index in [4.69, 9.17) is 0 Å². The Morgan fingerprint density at radius 3 is 2.48 bits per heavy atom. The van der Waals surface area contributed by atoms with Crippen molar-refractivity contribution in [3.63, 3.8) is 0 Å². The highest BCUT2D eigenvalue weighted by molar-refractivity contribution is 6.53. The monoisotopic (exact) mass is 526 g/mol. The third-order valence-electron chi connectivity index (χ3n) is 7.82. The number of fused-ring (bicyclic) bond motifs is 4. The molecule has 7 rings (SSSR count). The van der Waals surface area contributed by atoms with Crippen molar-refractivity contribution in [3.05, 3.63) is 108 Å². The quantitative estimate of drug-likeness (QED) is 0.279. The average Bonchev–Trinajstić information content (AvgIpc) is 3.46. The zero-order valence-electron chi connectivity index (χ0n) is 21.9. The van der Waals surface area contributed by atoms with Gasteiger partial charge in [0.15, 0.2) is 5.71 Å². The predicted molar refractivity (Wildman–Crippen MR) is 159 cm³/mol. The average molecular weight is 527 g/mol. The molecule has 0 aliphatic carbocycles.